The van der Waals surface area contributed by atoms with Crippen molar-refractivity contribution < 1.29 is 24.3 Å². The number of carboxylic acid groups (broad SMARTS) is 1. The highest BCUT2D eigenvalue weighted by atomic mass is 16.4. The molecule has 0 bridgehead atoms. The molecule has 3 unspecified atom stereocenters. The van der Waals surface area contributed by atoms with E-state index in [-0.39, 0.29) is 11.8 Å². The van der Waals surface area contributed by atoms with Gasteiger partial charge in [-0.2, -0.15) is 0 Å². The van der Waals surface area contributed by atoms with Crippen LogP contribution in [-0.2, 0) is 19.2 Å². The van der Waals surface area contributed by atoms with Crippen LogP contribution in [0.5, 0.6) is 0 Å². The molecule has 0 spiro atoms. The summed E-state index contributed by atoms with van der Waals surface area (Å²) in [5, 5.41) is 16.2. The van der Waals surface area contributed by atoms with Gasteiger partial charge in [0.05, 0.1) is 6.04 Å². The third-order valence-electron chi connectivity index (χ3n) is 4.26. The molecule has 0 saturated carbocycles. The minimum atomic E-state index is -1.18. The summed E-state index contributed by atoms with van der Waals surface area (Å²) in [4.78, 5) is 47.9. The van der Waals surface area contributed by atoms with Gasteiger partial charge in [0.25, 0.3) is 0 Å². The van der Waals surface area contributed by atoms with Crippen molar-refractivity contribution in [2.75, 3.05) is 13.1 Å². The van der Waals surface area contributed by atoms with Gasteiger partial charge in [-0.1, -0.05) is 27.7 Å². The molecular formula is C18H35N5O5. The zero-order chi connectivity index (χ0) is 21.9. The van der Waals surface area contributed by atoms with Crippen LogP contribution < -0.4 is 27.4 Å². The summed E-state index contributed by atoms with van der Waals surface area (Å²) in [6.07, 6.45) is 1.65. The van der Waals surface area contributed by atoms with E-state index in [1.165, 1.54) is 0 Å². The minimum absolute atomic E-state index is 0.0991. The van der Waals surface area contributed by atoms with Crippen molar-refractivity contribution in [3.63, 3.8) is 0 Å². The molecule has 0 radical (unpaired) electrons. The third-order valence-corrected chi connectivity index (χ3v) is 4.26. The first-order chi connectivity index (χ1) is 13.0. The van der Waals surface area contributed by atoms with E-state index in [2.05, 4.69) is 16.0 Å². The standard InChI is InChI=1S/C18H35N5O5/c1-10(2)14(20)17(27)22-12(7-5-6-8-19)16(26)23-15(11(3)4)18(28)21-9-13(24)25/h10-12,14-15H,5-9,19-20H2,1-4H3,(H,21,28)(H,22,27)(H,23,26)(H,24,25). The second-order valence-electron chi connectivity index (χ2n) is 7.46. The monoisotopic (exact) mass is 401 g/mol. The molecule has 0 fully saturated rings. The number of hydrogen-bond donors (Lipinski definition) is 6. The number of hydrogen-bond acceptors (Lipinski definition) is 6. The molecule has 0 rings (SSSR count). The minimum Gasteiger partial charge on any atom is -0.480 e. The topological polar surface area (TPSA) is 177 Å². The Bertz CT molecular complexity index is 538. The zero-order valence-corrected chi connectivity index (χ0v) is 17.2. The third kappa shape index (κ3) is 9.65. The van der Waals surface area contributed by atoms with E-state index in [9.17, 15) is 19.2 Å². The van der Waals surface area contributed by atoms with Gasteiger partial charge >= 0.3 is 5.97 Å². The SMILES string of the molecule is CC(C)C(N)C(=O)NC(CCCCN)C(=O)NC(C(=O)NCC(=O)O)C(C)C. The van der Waals surface area contributed by atoms with Crippen molar-refractivity contribution in [1.82, 2.24) is 16.0 Å². The van der Waals surface area contributed by atoms with Crippen molar-refractivity contribution in [2.24, 2.45) is 23.3 Å². The lowest BCUT2D eigenvalue weighted by atomic mass is 10.0. The Kier molecular flexibility index (Phi) is 12.0. The second kappa shape index (κ2) is 13.1. The van der Waals surface area contributed by atoms with Crippen LogP contribution in [0.1, 0.15) is 47.0 Å². The smallest absolute Gasteiger partial charge is 0.322 e. The number of carboxylic acids is 1. The molecule has 8 N–H and O–H groups in total. The highest BCUT2D eigenvalue weighted by Crippen LogP contribution is 2.07. The van der Waals surface area contributed by atoms with Gasteiger partial charge < -0.3 is 32.5 Å². The van der Waals surface area contributed by atoms with Crippen molar-refractivity contribution in [1.29, 1.82) is 0 Å². The van der Waals surface area contributed by atoms with Crippen molar-refractivity contribution >= 4 is 23.7 Å². The molecule has 0 aromatic carbocycles. The summed E-state index contributed by atoms with van der Waals surface area (Å²) >= 11 is 0. The van der Waals surface area contributed by atoms with Crippen LogP contribution >= 0.6 is 0 Å². The van der Waals surface area contributed by atoms with E-state index in [0.717, 1.165) is 0 Å². The molecule has 0 aliphatic rings. The number of amides is 3. The fourth-order valence-electron chi connectivity index (χ4n) is 2.39. The van der Waals surface area contributed by atoms with Crippen LogP contribution in [0, 0.1) is 11.8 Å². The van der Waals surface area contributed by atoms with Crippen LogP contribution in [0.4, 0.5) is 0 Å². The van der Waals surface area contributed by atoms with Gasteiger partial charge in [-0.3, -0.25) is 19.2 Å². The van der Waals surface area contributed by atoms with Gasteiger partial charge in [0.2, 0.25) is 17.7 Å². The van der Waals surface area contributed by atoms with Gasteiger partial charge in [0, 0.05) is 0 Å². The highest BCUT2D eigenvalue weighted by molar-refractivity contribution is 5.93. The van der Waals surface area contributed by atoms with Crippen LogP contribution in [0.2, 0.25) is 0 Å². The Hall–Kier alpha value is -2.20. The average molecular weight is 402 g/mol. The Morgan fingerprint density at radius 1 is 0.893 bits per heavy atom. The molecule has 0 aliphatic carbocycles. The normalized spacial score (nSPS) is 14.3. The maximum absolute atomic E-state index is 12.7. The first-order valence-electron chi connectivity index (χ1n) is 9.57. The number of carbonyl (C=O) groups excluding carboxylic acids is 3. The lowest BCUT2D eigenvalue weighted by Crippen LogP contribution is -2.57. The summed E-state index contributed by atoms with van der Waals surface area (Å²) in [6.45, 7) is 6.96. The molecule has 10 heteroatoms. The predicted molar refractivity (Wildman–Crippen MR) is 105 cm³/mol. The van der Waals surface area contributed by atoms with Crippen molar-refractivity contribution in [3.05, 3.63) is 0 Å². The number of nitrogens with two attached hydrogens (primary N) is 2. The van der Waals surface area contributed by atoms with E-state index in [1.807, 2.05) is 0 Å². The summed E-state index contributed by atoms with van der Waals surface area (Å²) in [6, 6.07) is -2.55. The van der Waals surface area contributed by atoms with Crippen LogP contribution in [0.25, 0.3) is 0 Å². The summed E-state index contributed by atoms with van der Waals surface area (Å²) in [7, 11) is 0. The quantitative estimate of drug-likeness (QED) is 0.213. The lowest BCUT2D eigenvalue weighted by molar-refractivity contribution is -0.139. The summed E-state index contributed by atoms with van der Waals surface area (Å²) in [5.74, 6) is -3.13. The van der Waals surface area contributed by atoms with Crippen molar-refractivity contribution in [3.8, 4) is 0 Å². The van der Waals surface area contributed by atoms with Crippen molar-refractivity contribution in [2.45, 2.75) is 65.1 Å². The molecule has 0 aromatic rings. The fraction of sp³-hybridized carbons (Fsp3) is 0.778. The molecule has 162 valence electrons. The Labute approximate surface area is 166 Å². The molecule has 28 heavy (non-hydrogen) atoms. The van der Waals surface area contributed by atoms with Gasteiger partial charge in [0.1, 0.15) is 18.6 Å². The first kappa shape index (κ1) is 25.8. The van der Waals surface area contributed by atoms with E-state index in [1.54, 1.807) is 27.7 Å². The van der Waals surface area contributed by atoms with E-state index in [0.29, 0.717) is 25.8 Å². The first-order valence-corrected chi connectivity index (χ1v) is 9.57. The van der Waals surface area contributed by atoms with E-state index < -0.39 is 48.4 Å². The molecule has 0 heterocycles. The van der Waals surface area contributed by atoms with Crippen LogP contribution in [0.3, 0.4) is 0 Å². The lowest BCUT2D eigenvalue weighted by Gasteiger charge is -2.26. The predicted octanol–water partition coefficient (Wildman–Crippen LogP) is -1.07. The Morgan fingerprint density at radius 3 is 1.96 bits per heavy atom. The largest absolute Gasteiger partial charge is 0.480 e. The summed E-state index contributed by atoms with van der Waals surface area (Å²) < 4.78 is 0. The van der Waals surface area contributed by atoms with Gasteiger partial charge in [-0.05, 0) is 37.6 Å². The zero-order valence-electron chi connectivity index (χ0n) is 17.2. The Balaban J connectivity index is 5.17. The molecule has 0 aromatic heterocycles. The molecular weight excluding hydrogens is 366 g/mol. The Morgan fingerprint density at radius 2 is 1.50 bits per heavy atom. The van der Waals surface area contributed by atoms with Gasteiger partial charge in [0.15, 0.2) is 0 Å². The van der Waals surface area contributed by atoms with Crippen LogP contribution in [-0.4, -0.2) is 60.0 Å². The molecule has 3 atom stereocenters. The number of carbonyl (C=O) groups is 4. The van der Waals surface area contributed by atoms with Crippen LogP contribution in [0.15, 0.2) is 0 Å². The molecule has 0 saturated heterocycles. The second-order valence-corrected chi connectivity index (χ2v) is 7.46. The number of rotatable bonds is 13. The van der Waals surface area contributed by atoms with Gasteiger partial charge in [-0.15, -0.1) is 0 Å². The molecule has 10 nitrogen and oxygen atoms in total. The maximum Gasteiger partial charge on any atom is 0.322 e. The highest BCUT2D eigenvalue weighted by Gasteiger charge is 2.30. The number of unbranched alkanes of at least 4 members (excludes halogenated alkanes) is 1. The van der Waals surface area contributed by atoms with E-state index in [4.69, 9.17) is 16.6 Å². The number of aliphatic carboxylic acids is 1. The average Bonchev–Trinajstić information content (AvgIpc) is 2.61. The van der Waals surface area contributed by atoms with E-state index >= 15 is 0 Å². The molecule has 0 aliphatic heterocycles. The maximum atomic E-state index is 12.7. The summed E-state index contributed by atoms with van der Waals surface area (Å²) in [5.41, 5.74) is 11.3. The number of nitrogens with one attached hydrogen (secondary N) is 3. The van der Waals surface area contributed by atoms with Gasteiger partial charge in [-0.25, -0.2) is 0 Å². The molecule has 3 amide bonds. The fourth-order valence-corrected chi connectivity index (χ4v) is 2.39.